The molecule has 0 saturated heterocycles. The molecule has 0 heterocycles. The molecule has 10 nitrogen and oxygen atoms in total. The minimum atomic E-state index is -0.638. The normalized spacial score (nSPS) is 10.5. The molecule has 0 aliphatic heterocycles. The van der Waals surface area contributed by atoms with Crippen LogP contribution in [0.25, 0.3) is 0 Å². The highest BCUT2D eigenvalue weighted by atomic mass is 16.6. The van der Waals surface area contributed by atoms with Gasteiger partial charge in [0.15, 0.2) is 11.5 Å². The highest BCUT2D eigenvalue weighted by Gasteiger charge is 2.16. The van der Waals surface area contributed by atoms with Crippen molar-refractivity contribution in [3.05, 3.63) is 51.6 Å². The third-order valence-electron chi connectivity index (χ3n) is 3.50. The molecule has 0 aliphatic carbocycles. The Hall–Kier alpha value is -3.82. The van der Waals surface area contributed by atoms with Gasteiger partial charge in [-0.1, -0.05) is 0 Å². The van der Waals surface area contributed by atoms with Gasteiger partial charge in [0, 0.05) is 23.3 Å². The van der Waals surface area contributed by atoms with Gasteiger partial charge in [0.2, 0.25) is 0 Å². The van der Waals surface area contributed by atoms with Crippen molar-refractivity contribution in [2.75, 3.05) is 21.3 Å². The van der Waals surface area contributed by atoms with E-state index in [0.717, 1.165) is 18.3 Å². The Bertz CT molecular complexity index is 874. The predicted molar refractivity (Wildman–Crippen MR) is 95.9 cm³/mol. The first kappa shape index (κ1) is 19.5. The van der Waals surface area contributed by atoms with Crippen LogP contribution in [0.4, 0.5) is 5.69 Å². The summed E-state index contributed by atoms with van der Waals surface area (Å²) in [7, 11) is 4.16. The topological polar surface area (TPSA) is 133 Å². The standard InChI is InChI=1S/C17H17N3O7/c1-25-13-5-10(6-14(8-13)26-2)17(22)19-18-9-11-4-12(20(23)24)7-15(27-3)16(11)21/h4-9,21H,1-3H3,(H,19,22). The zero-order chi connectivity index (χ0) is 20.0. The highest BCUT2D eigenvalue weighted by molar-refractivity contribution is 5.96. The van der Waals surface area contributed by atoms with E-state index in [2.05, 4.69) is 10.5 Å². The minimum Gasteiger partial charge on any atom is -0.504 e. The lowest BCUT2D eigenvalue weighted by Crippen LogP contribution is -2.17. The SMILES string of the molecule is COc1cc(OC)cc(C(=O)NN=Cc2cc([N+](=O)[O-])cc(OC)c2O)c1. The molecule has 0 spiro atoms. The number of hydrogen-bond acceptors (Lipinski definition) is 8. The maximum atomic E-state index is 12.2. The van der Waals surface area contributed by atoms with Gasteiger partial charge in [-0.25, -0.2) is 5.43 Å². The van der Waals surface area contributed by atoms with Crippen LogP contribution in [0.2, 0.25) is 0 Å². The quantitative estimate of drug-likeness (QED) is 0.430. The number of benzene rings is 2. The van der Waals surface area contributed by atoms with Gasteiger partial charge in [0.25, 0.3) is 11.6 Å². The molecule has 0 aliphatic rings. The van der Waals surface area contributed by atoms with E-state index in [4.69, 9.17) is 14.2 Å². The number of aromatic hydroxyl groups is 1. The summed E-state index contributed by atoms with van der Waals surface area (Å²) in [5.74, 6) is -0.159. The third kappa shape index (κ3) is 4.63. The van der Waals surface area contributed by atoms with E-state index in [-0.39, 0.29) is 28.3 Å². The summed E-state index contributed by atoms with van der Waals surface area (Å²) in [6.07, 6.45) is 1.07. The molecule has 0 atom stereocenters. The van der Waals surface area contributed by atoms with Gasteiger partial charge in [-0.3, -0.25) is 14.9 Å². The largest absolute Gasteiger partial charge is 0.504 e. The van der Waals surface area contributed by atoms with Crippen LogP contribution in [0.5, 0.6) is 23.0 Å². The predicted octanol–water partition coefficient (Wildman–Crippen LogP) is 2.09. The molecule has 2 N–H and O–H groups in total. The Kier molecular flexibility index (Phi) is 6.15. The Morgan fingerprint density at radius 2 is 1.74 bits per heavy atom. The number of non-ortho nitro benzene ring substituents is 1. The molecule has 10 heteroatoms. The number of phenols is 1. The molecule has 2 aromatic rings. The van der Waals surface area contributed by atoms with Crippen molar-refractivity contribution in [2.45, 2.75) is 0 Å². The Morgan fingerprint density at radius 1 is 1.11 bits per heavy atom. The average Bonchev–Trinajstić information content (AvgIpc) is 2.68. The molecule has 0 aromatic heterocycles. The van der Waals surface area contributed by atoms with Gasteiger partial charge < -0.3 is 19.3 Å². The second kappa shape index (κ2) is 8.52. The fourth-order valence-electron chi connectivity index (χ4n) is 2.14. The first-order valence-electron chi connectivity index (χ1n) is 7.51. The van der Waals surface area contributed by atoms with Gasteiger partial charge in [-0.05, 0) is 12.1 Å². The second-order valence-electron chi connectivity index (χ2n) is 5.14. The molecule has 0 fully saturated rings. The van der Waals surface area contributed by atoms with Crippen molar-refractivity contribution in [1.82, 2.24) is 5.43 Å². The molecule has 2 rings (SSSR count). The molecule has 0 saturated carbocycles. The number of ether oxygens (including phenoxy) is 3. The van der Waals surface area contributed by atoms with E-state index in [1.54, 1.807) is 6.07 Å². The number of rotatable bonds is 7. The smallest absolute Gasteiger partial charge is 0.274 e. The summed E-state index contributed by atoms with van der Waals surface area (Å²) in [4.78, 5) is 22.5. The van der Waals surface area contributed by atoms with Crippen LogP contribution in [0, 0.1) is 10.1 Å². The van der Waals surface area contributed by atoms with E-state index in [0.29, 0.717) is 11.5 Å². The van der Waals surface area contributed by atoms with Crippen LogP contribution in [-0.2, 0) is 0 Å². The van der Waals surface area contributed by atoms with E-state index in [1.165, 1.54) is 33.5 Å². The zero-order valence-electron chi connectivity index (χ0n) is 14.8. The van der Waals surface area contributed by atoms with Crippen LogP contribution >= 0.6 is 0 Å². The van der Waals surface area contributed by atoms with Crippen LogP contribution in [0.3, 0.4) is 0 Å². The average molecular weight is 375 g/mol. The summed E-state index contributed by atoms with van der Waals surface area (Å²) in [6.45, 7) is 0. The molecule has 1 amide bonds. The van der Waals surface area contributed by atoms with Gasteiger partial charge in [0.1, 0.15) is 11.5 Å². The fourth-order valence-corrected chi connectivity index (χ4v) is 2.14. The number of carbonyl (C=O) groups excluding carboxylic acids is 1. The molecule has 0 radical (unpaired) electrons. The first-order chi connectivity index (χ1) is 12.9. The summed E-state index contributed by atoms with van der Waals surface area (Å²) >= 11 is 0. The van der Waals surface area contributed by atoms with E-state index in [9.17, 15) is 20.0 Å². The van der Waals surface area contributed by atoms with Gasteiger partial charge in [-0.15, -0.1) is 0 Å². The number of hydrazone groups is 1. The third-order valence-corrected chi connectivity index (χ3v) is 3.50. The number of nitrogens with zero attached hydrogens (tertiary/aromatic N) is 2. The molecule has 142 valence electrons. The number of methoxy groups -OCH3 is 3. The van der Waals surface area contributed by atoms with Crippen molar-refractivity contribution < 1.29 is 29.0 Å². The molecule has 2 aromatic carbocycles. The molecule has 27 heavy (non-hydrogen) atoms. The van der Waals surface area contributed by atoms with Crippen LogP contribution in [0.1, 0.15) is 15.9 Å². The lowest BCUT2D eigenvalue weighted by atomic mass is 10.1. The van der Waals surface area contributed by atoms with Gasteiger partial charge in [-0.2, -0.15) is 5.10 Å². The Labute approximate surface area is 154 Å². The van der Waals surface area contributed by atoms with Crippen molar-refractivity contribution in [2.24, 2.45) is 5.10 Å². The Balaban J connectivity index is 2.23. The lowest BCUT2D eigenvalue weighted by molar-refractivity contribution is -0.385. The molecular weight excluding hydrogens is 358 g/mol. The minimum absolute atomic E-state index is 0.00423. The maximum absolute atomic E-state index is 12.2. The maximum Gasteiger partial charge on any atom is 0.274 e. The zero-order valence-corrected chi connectivity index (χ0v) is 14.8. The van der Waals surface area contributed by atoms with Crippen molar-refractivity contribution in [3.63, 3.8) is 0 Å². The van der Waals surface area contributed by atoms with Gasteiger partial charge >= 0.3 is 0 Å². The van der Waals surface area contributed by atoms with Crippen LogP contribution in [-0.4, -0.2) is 43.5 Å². The van der Waals surface area contributed by atoms with E-state index < -0.39 is 10.8 Å². The van der Waals surface area contributed by atoms with Crippen LogP contribution < -0.4 is 19.6 Å². The molecule has 0 unspecified atom stereocenters. The highest BCUT2D eigenvalue weighted by Crippen LogP contribution is 2.33. The number of hydrogen-bond donors (Lipinski definition) is 2. The van der Waals surface area contributed by atoms with E-state index in [1.807, 2.05) is 0 Å². The number of phenolic OH excluding ortho intramolecular Hbond substituents is 1. The first-order valence-corrected chi connectivity index (χ1v) is 7.51. The van der Waals surface area contributed by atoms with Crippen molar-refractivity contribution in [1.29, 1.82) is 0 Å². The van der Waals surface area contributed by atoms with Gasteiger partial charge in [0.05, 0.1) is 38.5 Å². The van der Waals surface area contributed by atoms with Crippen LogP contribution in [0.15, 0.2) is 35.4 Å². The number of nitrogens with one attached hydrogen (secondary N) is 1. The summed E-state index contributed by atoms with van der Waals surface area (Å²) < 4.78 is 15.1. The second-order valence-corrected chi connectivity index (χ2v) is 5.14. The lowest BCUT2D eigenvalue weighted by Gasteiger charge is -2.08. The summed E-state index contributed by atoms with van der Waals surface area (Å²) in [6, 6.07) is 6.76. The van der Waals surface area contributed by atoms with E-state index >= 15 is 0 Å². The van der Waals surface area contributed by atoms with Crippen molar-refractivity contribution in [3.8, 4) is 23.0 Å². The number of carbonyl (C=O) groups is 1. The number of nitro groups is 1. The van der Waals surface area contributed by atoms with Crippen molar-refractivity contribution >= 4 is 17.8 Å². The fraction of sp³-hybridized carbons (Fsp3) is 0.176. The monoisotopic (exact) mass is 375 g/mol. The number of nitro benzene ring substituents is 1. The summed E-state index contributed by atoms with van der Waals surface area (Å²) in [5.41, 5.74) is 2.20. The molecule has 0 bridgehead atoms. The summed E-state index contributed by atoms with van der Waals surface area (Å²) in [5, 5.41) is 24.7. The Morgan fingerprint density at radius 3 is 2.26 bits per heavy atom. The molecular formula is C17H17N3O7. The number of amides is 1.